The standard InChI is InChI=1S/C32H42N4O7S/c1-8-9-18-42-19-12-17-35-27(33-23-13-10-11-14-25(23)44(35,40)41)26(36-29(38)32(6,7)43-30(36)39)28(37)34-24-20-22(31(3,4)5)16-15-21(24)2/h10-11,13-16,20,26H,8-9,12,17-19H2,1-7H3,(H,34,37). The topological polar surface area (TPSA) is 135 Å². The lowest BCUT2D eigenvalue weighted by molar-refractivity contribution is -0.137. The monoisotopic (exact) mass is 626 g/mol. The van der Waals surface area contributed by atoms with Gasteiger partial charge in [-0.15, -0.1) is 0 Å². The van der Waals surface area contributed by atoms with Crippen LogP contribution < -0.4 is 5.32 Å². The van der Waals surface area contributed by atoms with Crippen LogP contribution in [0.15, 0.2) is 52.4 Å². The van der Waals surface area contributed by atoms with E-state index in [0.717, 1.165) is 28.3 Å². The maximum atomic E-state index is 14.3. The van der Waals surface area contributed by atoms with Crippen LogP contribution in [-0.2, 0) is 34.5 Å². The summed E-state index contributed by atoms with van der Waals surface area (Å²) in [7, 11) is -4.23. The Labute approximate surface area is 259 Å². The zero-order valence-electron chi connectivity index (χ0n) is 26.5. The summed E-state index contributed by atoms with van der Waals surface area (Å²) in [6, 6.07) is 10.1. The number of amidine groups is 1. The second kappa shape index (κ2) is 12.7. The van der Waals surface area contributed by atoms with Crippen molar-refractivity contribution in [3.63, 3.8) is 0 Å². The number of unbranched alkanes of at least 4 members (excludes halogenated alkanes) is 1. The number of rotatable bonds is 11. The molecule has 4 rings (SSSR count). The molecule has 2 aliphatic rings. The van der Waals surface area contributed by atoms with Gasteiger partial charge in [-0.05, 0) is 68.4 Å². The number of para-hydroxylation sites is 1. The first-order chi connectivity index (χ1) is 20.6. The second-order valence-corrected chi connectivity index (χ2v) is 14.4. The molecule has 1 unspecified atom stereocenters. The van der Waals surface area contributed by atoms with E-state index in [-0.39, 0.29) is 41.4 Å². The Balaban J connectivity index is 1.83. The molecule has 2 aliphatic heterocycles. The molecule has 2 aromatic carbocycles. The van der Waals surface area contributed by atoms with E-state index in [9.17, 15) is 22.8 Å². The average molecular weight is 627 g/mol. The lowest BCUT2D eigenvalue weighted by Gasteiger charge is -2.35. The number of carbonyl (C=O) groups excluding carboxylic acids is 3. The predicted octanol–water partition coefficient (Wildman–Crippen LogP) is 5.30. The lowest BCUT2D eigenvalue weighted by atomic mass is 9.86. The minimum absolute atomic E-state index is 0.0424. The molecule has 2 aromatic rings. The molecular weight excluding hydrogens is 584 g/mol. The third-order valence-electron chi connectivity index (χ3n) is 7.60. The number of hydrogen-bond donors (Lipinski definition) is 1. The number of anilines is 1. The number of sulfonamides is 1. The minimum Gasteiger partial charge on any atom is -0.433 e. The summed E-state index contributed by atoms with van der Waals surface area (Å²) in [4.78, 5) is 46.3. The molecular formula is C32H42N4O7S. The minimum atomic E-state index is -4.23. The van der Waals surface area contributed by atoms with Crippen LogP contribution >= 0.6 is 0 Å². The summed E-state index contributed by atoms with van der Waals surface area (Å²) in [5.41, 5.74) is 0.450. The van der Waals surface area contributed by atoms with Crippen molar-refractivity contribution in [2.45, 2.75) is 89.7 Å². The predicted molar refractivity (Wildman–Crippen MR) is 167 cm³/mol. The van der Waals surface area contributed by atoms with Gasteiger partial charge >= 0.3 is 6.09 Å². The van der Waals surface area contributed by atoms with E-state index in [1.165, 1.54) is 26.0 Å². The highest BCUT2D eigenvalue weighted by atomic mass is 32.2. The van der Waals surface area contributed by atoms with Crippen LogP contribution in [0.3, 0.4) is 0 Å². The Hall–Kier alpha value is -3.77. The van der Waals surface area contributed by atoms with Crippen LogP contribution in [0.2, 0.25) is 0 Å². The highest BCUT2D eigenvalue weighted by Gasteiger charge is 2.55. The van der Waals surface area contributed by atoms with E-state index in [0.29, 0.717) is 17.2 Å². The third kappa shape index (κ3) is 6.66. The number of fused-ring (bicyclic) bond motifs is 1. The molecule has 238 valence electrons. The third-order valence-corrected chi connectivity index (χ3v) is 9.45. The molecule has 44 heavy (non-hydrogen) atoms. The fourth-order valence-electron chi connectivity index (χ4n) is 4.96. The molecule has 0 saturated carbocycles. The van der Waals surface area contributed by atoms with Crippen molar-refractivity contribution in [2.75, 3.05) is 25.1 Å². The summed E-state index contributed by atoms with van der Waals surface area (Å²) in [6.07, 6.45) is 1.05. The van der Waals surface area contributed by atoms with Crippen molar-refractivity contribution in [3.8, 4) is 0 Å². The van der Waals surface area contributed by atoms with Gasteiger partial charge < -0.3 is 14.8 Å². The summed E-state index contributed by atoms with van der Waals surface area (Å²) in [5, 5.41) is 2.86. The first-order valence-electron chi connectivity index (χ1n) is 14.9. The summed E-state index contributed by atoms with van der Waals surface area (Å²) in [5.74, 6) is -1.87. The van der Waals surface area contributed by atoms with E-state index in [2.05, 4.69) is 10.3 Å². The fraction of sp³-hybridized carbons (Fsp3) is 0.500. The largest absolute Gasteiger partial charge is 0.433 e. The maximum absolute atomic E-state index is 14.3. The number of carbonyl (C=O) groups is 3. The second-order valence-electron chi connectivity index (χ2n) is 12.6. The number of hydrogen-bond acceptors (Lipinski definition) is 8. The maximum Gasteiger partial charge on any atom is 0.418 e. The zero-order chi connectivity index (χ0) is 32.4. The van der Waals surface area contributed by atoms with Crippen molar-refractivity contribution < 1.29 is 32.3 Å². The van der Waals surface area contributed by atoms with Gasteiger partial charge in [0.05, 0.1) is 5.69 Å². The summed E-state index contributed by atoms with van der Waals surface area (Å²) >= 11 is 0. The van der Waals surface area contributed by atoms with Crippen molar-refractivity contribution in [1.29, 1.82) is 0 Å². The quantitative estimate of drug-likeness (QED) is 0.335. The SMILES string of the molecule is CCCCOCCCN1C(C(C(=O)Nc2cc(C(C)(C)C)ccc2C)N2C(=O)OC(C)(C)C2=O)=Nc2ccccc2S1(=O)=O. The van der Waals surface area contributed by atoms with Crippen LogP contribution in [0.1, 0.15) is 71.9 Å². The molecule has 1 N–H and O–H groups in total. The molecule has 0 aliphatic carbocycles. The smallest absolute Gasteiger partial charge is 0.418 e. The van der Waals surface area contributed by atoms with Crippen LogP contribution in [0, 0.1) is 6.92 Å². The first-order valence-corrected chi connectivity index (χ1v) is 16.3. The van der Waals surface area contributed by atoms with Gasteiger partial charge in [0.1, 0.15) is 4.90 Å². The highest BCUT2D eigenvalue weighted by Crippen LogP contribution is 2.36. The van der Waals surface area contributed by atoms with E-state index in [1.54, 1.807) is 12.1 Å². The van der Waals surface area contributed by atoms with Gasteiger partial charge in [0.25, 0.3) is 21.8 Å². The van der Waals surface area contributed by atoms with E-state index in [4.69, 9.17) is 9.47 Å². The Morgan fingerprint density at radius 2 is 1.77 bits per heavy atom. The molecule has 1 saturated heterocycles. The van der Waals surface area contributed by atoms with Gasteiger partial charge in [0.15, 0.2) is 17.5 Å². The van der Waals surface area contributed by atoms with Gasteiger partial charge in [0.2, 0.25) is 0 Å². The Morgan fingerprint density at radius 3 is 2.41 bits per heavy atom. The number of nitrogens with zero attached hydrogens (tertiary/aromatic N) is 3. The molecule has 1 atom stereocenters. The molecule has 0 aromatic heterocycles. The molecule has 1 fully saturated rings. The van der Waals surface area contributed by atoms with Crippen LogP contribution in [0.4, 0.5) is 16.2 Å². The van der Waals surface area contributed by atoms with Gasteiger partial charge in [-0.3, -0.25) is 13.9 Å². The summed E-state index contributed by atoms with van der Waals surface area (Å²) in [6.45, 7) is 13.5. The number of nitrogens with one attached hydrogen (secondary N) is 1. The molecule has 0 radical (unpaired) electrons. The van der Waals surface area contributed by atoms with E-state index < -0.39 is 39.6 Å². The number of benzene rings is 2. The Bertz CT molecular complexity index is 1580. The number of aryl methyl sites for hydroxylation is 1. The van der Waals surface area contributed by atoms with Gasteiger partial charge in [-0.25, -0.2) is 23.1 Å². The van der Waals surface area contributed by atoms with Gasteiger partial charge in [-0.1, -0.05) is 58.4 Å². The lowest BCUT2D eigenvalue weighted by Crippen LogP contribution is -2.59. The number of cyclic esters (lactones) is 1. The Morgan fingerprint density at radius 1 is 1.09 bits per heavy atom. The normalized spacial score (nSPS) is 18.0. The van der Waals surface area contributed by atoms with Crippen LogP contribution in [0.25, 0.3) is 0 Å². The van der Waals surface area contributed by atoms with Gasteiger partial charge in [-0.2, -0.15) is 0 Å². The fourth-order valence-corrected chi connectivity index (χ4v) is 6.58. The molecule has 3 amide bonds. The van der Waals surface area contributed by atoms with Crippen molar-refractivity contribution in [3.05, 3.63) is 53.6 Å². The Kier molecular flexibility index (Phi) is 9.55. The highest BCUT2D eigenvalue weighted by molar-refractivity contribution is 7.90. The number of amides is 3. The molecule has 0 bridgehead atoms. The molecule has 2 heterocycles. The summed E-state index contributed by atoms with van der Waals surface area (Å²) < 4.78 is 40.1. The van der Waals surface area contributed by atoms with Crippen molar-refractivity contribution in [1.82, 2.24) is 9.21 Å². The van der Waals surface area contributed by atoms with Crippen molar-refractivity contribution >= 4 is 45.1 Å². The van der Waals surface area contributed by atoms with Crippen LogP contribution in [0.5, 0.6) is 0 Å². The number of aliphatic imine (C=N–C) groups is 1. The van der Waals surface area contributed by atoms with E-state index in [1.807, 2.05) is 52.8 Å². The molecule has 11 nitrogen and oxygen atoms in total. The van der Waals surface area contributed by atoms with Crippen LogP contribution in [-0.4, -0.2) is 72.8 Å². The average Bonchev–Trinajstić information content (AvgIpc) is 3.14. The van der Waals surface area contributed by atoms with Crippen molar-refractivity contribution in [2.24, 2.45) is 4.99 Å². The first kappa shape index (κ1) is 33.1. The number of ether oxygens (including phenoxy) is 2. The molecule has 12 heteroatoms. The van der Waals surface area contributed by atoms with Gasteiger partial charge in [0, 0.05) is 25.4 Å². The van der Waals surface area contributed by atoms with E-state index >= 15 is 0 Å². The molecule has 0 spiro atoms. The zero-order valence-corrected chi connectivity index (χ0v) is 27.3. The number of imide groups is 1.